The minimum Gasteiger partial charge on any atom is -0.379 e. The fraction of sp³-hybridized carbons (Fsp3) is 0.917. The molecule has 5 nitrogen and oxygen atoms in total. The SMILES string of the molecule is CN(CCOCC1CC1)C(=O)C1COCC1N. The van der Waals surface area contributed by atoms with Crippen LogP contribution in [-0.4, -0.2) is 56.9 Å². The molecule has 1 aliphatic heterocycles. The highest BCUT2D eigenvalue weighted by Crippen LogP contribution is 2.28. The van der Waals surface area contributed by atoms with Crippen LogP contribution in [0.3, 0.4) is 0 Å². The molecule has 2 N–H and O–H groups in total. The highest BCUT2D eigenvalue weighted by Gasteiger charge is 2.33. The summed E-state index contributed by atoms with van der Waals surface area (Å²) in [5.41, 5.74) is 5.82. The van der Waals surface area contributed by atoms with Crippen molar-refractivity contribution in [3.05, 3.63) is 0 Å². The van der Waals surface area contributed by atoms with Crippen LogP contribution in [0.15, 0.2) is 0 Å². The molecule has 1 heterocycles. The average Bonchev–Trinajstić information content (AvgIpc) is 3.04. The summed E-state index contributed by atoms with van der Waals surface area (Å²) in [6.45, 7) is 3.03. The first-order chi connectivity index (χ1) is 8.18. The van der Waals surface area contributed by atoms with Gasteiger partial charge in [0.2, 0.25) is 5.91 Å². The lowest BCUT2D eigenvalue weighted by Gasteiger charge is -2.22. The quantitative estimate of drug-likeness (QED) is 0.658. The number of carbonyl (C=O) groups excluding carboxylic acids is 1. The third-order valence-corrected chi connectivity index (χ3v) is 3.44. The van der Waals surface area contributed by atoms with Gasteiger partial charge >= 0.3 is 0 Å². The summed E-state index contributed by atoms with van der Waals surface area (Å²) in [6.07, 6.45) is 2.59. The van der Waals surface area contributed by atoms with Gasteiger partial charge in [0.15, 0.2) is 0 Å². The standard InChI is InChI=1S/C12H22N2O3/c1-14(4-5-16-6-9-2-3-9)12(15)10-7-17-8-11(10)13/h9-11H,2-8,13H2,1H3. The minimum atomic E-state index is -0.177. The first-order valence-corrected chi connectivity index (χ1v) is 6.34. The van der Waals surface area contributed by atoms with Crippen LogP contribution in [0.5, 0.6) is 0 Å². The molecule has 5 heteroatoms. The van der Waals surface area contributed by atoms with Crippen LogP contribution in [0.1, 0.15) is 12.8 Å². The number of hydrogen-bond acceptors (Lipinski definition) is 4. The lowest BCUT2D eigenvalue weighted by atomic mass is 10.0. The Balaban J connectivity index is 1.63. The molecule has 1 saturated heterocycles. The molecule has 0 aromatic carbocycles. The highest BCUT2D eigenvalue weighted by molar-refractivity contribution is 5.79. The number of amides is 1. The van der Waals surface area contributed by atoms with E-state index in [1.165, 1.54) is 12.8 Å². The van der Waals surface area contributed by atoms with E-state index in [0.717, 1.165) is 12.5 Å². The molecule has 98 valence electrons. The number of rotatable bonds is 6. The zero-order valence-electron chi connectivity index (χ0n) is 10.4. The second-order valence-electron chi connectivity index (χ2n) is 5.09. The zero-order valence-corrected chi connectivity index (χ0v) is 10.4. The topological polar surface area (TPSA) is 64.8 Å². The van der Waals surface area contributed by atoms with Crippen molar-refractivity contribution < 1.29 is 14.3 Å². The van der Waals surface area contributed by atoms with Gasteiger partial charge in [-0.3, -0.25) is 4.79 Å². The number of nitrogens with zero attached hydrogens (tertiary/aromatic N) is 1. The maximum absolute atomic E-state index is 12.0. The van der Waals surface area contributed by atoms with Gasteiger partial charge in [0.25, 0.3) is 0 Å². The molecule has 1 aliphatic carbocycles. The lowest BCUT2D eigenvalue weighted by Crippen LogP contribution is -2.43. The summed E-state index contributed by atoms with van der Waals surface area (Å²) >= 11 is 0. The molecule has 2 fully saturated rings. The van der Waals surface area contributed by atoms with Crippen molar-refractivity contribution in [1.82, 2.24) is 4.90 Å². The fourth-order valence-electron chi connectivity index (χ4n) is 1.95. The lowest BCUT2D eigenvalue weighted by molar-refractivity contribution is -0.135. The second kappa shape index (κ2) is 5.80. The molecule has 0 aromatic rings. The van der Waals surface area contributed by atoms with E-state index in [1.54, 1.807) is 11.9 Å². The van der Waals surface area contributed by atoms with E-state index in [0.29, 0.717) is 26.4 Å². The van der Waals surface area contributed by atoms with E-state index < -0.39 is 0 Å². The van der Waals surface area contributed by atoms with Crippen LogP contribution >= 0.6 is 0 Å². The molecule has 2 rings (SSSR count). The number of ether oxygens (including phenoxy) is 2. The van der Waals surface area contributed by atoms with E-state index in [9.17, 15) is 4.79 Å². The largest absolute Gasteiger partial charge is 0.379 e. The third-order valence-electron chi connectivity index (χ3n) is 3.44. The predicted molar refractivity (Wildman–Crippen MR) is 63.5 cm³/mol. The Labute approximate surface area is 102 Å². The van der Waals surface area contributed by atoms with E-state index >= 15 is 0 Å². The third kappa shape index (κ3) is 3.66. The molecule has 1 saturated carbocycles. The van der Waals surface area contributed by atoms with Crippen molar-refractivity contribution in [3.63, 3.8) is 0 Å². The van der Waals surface area contributed by atoms with Crippen LogP contribution < -0.4 is 5.73 Å². The van der Waals surface area contributed by atoms with Gasteiger partial charge in [0, 0.05) is 26.2 Å². The molecule has 0 bridgehead atoms. The highest BCUT2D eigenvalue weighted by atomic mass is 16.5. The molecular formula is C12H22N2O3. The molecule has 0 aromatic heterocycles. The summed E-state index contributed by atoms with van der Waals surface area (Å²) in [5, 5.41) is 0. The average molecular weight is 242 g/mol. The number of hydrogen-bond donors (Lipinski definition) is 1. The van der Waals surface area contributed by atoms with Crippen LogP contribution in [0.2, 0.25) is 0 Å². The summed E-state index contributed by atoms with van der Waals surface area (Å²) in [7, 11) is 1.80. The number of nitrogens with two attached hydrogens (primary N) is 1. The van der Waals surface area contributed by atoms with Crippen LogP contribution in [-0.2, 0) is 14.3 Å². The summed E-state index contributed by atoms with van der Waals surface area (Å²) in [5.74, 6) is 0.668. The van der Waals surface area contributed by atoms with E-state index in [2.05, 4.69) is 0 Å². The Morgan fingerprint density at radius 2 is 2.24 bits per heavy atom. The Morgan fingerprint density at radius 1 is 1.47 bits per heavy atom. The molecular weight excluding hydrogens is 220 g/mol. The Hall–Kier alpha value is -0.650. The van der Waals surface area contributed by atoms with Crippen molar-refractivity contribution in [3.8, 4) is 0 Å². The molecule has 2 unspecified atom stereocenters. The summed E-state index contributed by atoms with van der Waals surface area (Å²) in [4.78, 5) is 13.7. The van der Waals surface area contributed by atoms with Crippen LogP contribution in [0.4, 0.5) is 0 Å². The summed E-state index contributed by atoms with van der Waals surface area (Å²) < 4.78 is 10.7. The van der Waals surface area contributed by atoms with Gasteiger partial charge in [-0.15, -0.1) is 0 Å². The first kappa shape index (κ1) is 12.8. The first-order valence-electron chi connectivity index (χ1n) is 6.34. The zero-order chi connectivity index (χ0) is 12.3. The van der Waals surface area contributed by atoms with Crippen LogP contribution in [0, 0.1) is 11.8 Å². The molecule has 0 radical (unpaired) electrons. The van der Waals surface area contributed by atoms with Crippen molar-refractivity contribution in [1.29, 1.82) is 0 Å². The van der Waals surface area contributed by atoms with Gasteiger partial charge in [0.1, 0.15) is 0 Å². The Morgan fingerprint density at radius 3 is 2.82 bits per heavy atom. The molecule has 1 amide bonds. The van der Waals surface area contributed by atoms with E-state index in [4.69, 9.17) is 15.2 Å². The monoisotopic (exact) mass is 242 g/mol. The van der Waals surface area contributed by atoms with Gasteiger partial charge < -0.3 is 20.1 Å². The number of likely N-dealkylation sites (N-methyl/N-ethyl adjacent to an activating group) is 1. The normalized spacial score (nSPS) is 28.4. The van der Waals surface area contributed by atoms with Crippen molar-refractivity contribution in [2.45, 2.75) is 18.9 Å². The van der Waals surface area contributed by atoms with E-state index in [-0.39, 0.29) is 17.9 Å². The predicted octanol–water partition coefficient (Wildman–Crippen LogP) is -0.155. The number of carbonyl (C=O) groups is 1. The Bertz CT molecular complexity index is 268. The van der Waals surface area contributed by atoms with Crippen molar-refractivity contribution >= 4 is 5.91 Å². The maximum atomic E-state index is 12.0. The van der Waals surface area contributed by atoms with E-state index in [1.807, 2.05) is 0 Å². The molecule has 2 atom stereocenters. The minimum absolute atomic E-state index is 0.0741. The van der Waals surface area contributed by atoms with Crippen LogP contribution in [0.25, 0.3) is 0 Å². The second-order valence-corrected chi connectivity index (χ2v) is 5.09. The van der Waals surface area contributed by atoms with Gasteiger partial charge in [-0.05, 0) is 18.8 Å². The maximum Gasteiger partial charge on any atom is 0.229 e. The van der Waals surface area contributed by atoms with Gasteiger partial charge in [-0.1, -0.05) is 0 Å². The summed E-state index contributed by atoms with van der Waals surface area (Å²) in [6, 6.07) is -0.155. The molecule has 0 spiro atoms. The molecule has 17 heavy (non-hydrogen) atoms. The fourth-order valence-corrected chi connectivity index (χ4v) is 1.95. The van der Waals surface area contributed by atoms with Crippen molar-refractivity contribution in [2.75, 3.05) is 40.0 Å². The van der Waals surface area contributed by atoms with Gasteiger partial charge in [-0.25, -0.2) is 0 Å². The Kier molecular flexibility index (Phi) is 4.36. The molecule has 2 aliphatic rings. The van der Waals surface area contributed by atoms with Gasteiger partial charge in [-0.2, -0.15) is 0 Å². The smallest absolute Gasteiger partial charge is 0.229 e. The van der Waals surface area contributed by atoms with Crippen molar-refractivity contribution in [2.24, 2.45) is 17.6 Å². The van der Waals surface area contributed by atoms with Gasteiger partial charge in [0.05, 0.1) is 25.7 Å².